The van der Waals surface area contributed by atoms with Crippen molar-refractivity contribution < 1.29 is 9.53 Å². The number of hydrogen-bond acceptors (Lipinski definition) is 5. The number of ether oxygens (including phenoxy) is 1. The van der Waals surface area contributed by atoms with Crippen molar-refractivity contribution in [1.82, 2.24) is 4.90 Å². The number of carbonyl (C=O) groups is 1. The molecule has 1 amide bonds. The number of morpholine rings is 1. The van der Waals surface area contributed by atoms with E-state index in [4.69, 9.17) is 10.00 Å². The van der Waals surface area contributed by atoms with Gasteiger partial charge in [-0.1, -0.05) is 0 Å². The van der Waals surface area contributed by atoms with Crippen LogP contribution in [0.3, 0.4) is 0 Å². The van der Waals surface area contributed by atoms with Crippen LogP contribution in [0.1, 0.15) is 5.56 Å². The molecular formula is C16H19N3O2S. The van der Waals surface area contributed by atoms with Crippen LogP contribution in [-0.2, 0) is 9.53 Å². The lowest BCUT2D eigenvalue weighted by atomic mass is 10.1. The monoisotopic (exact) mass is 317 g/mol. The van der Waals surface area contributed by atoms with Gasteiger partial charge in [-0.3, -0.25) is 4.79 Å². The Morgan fingerprint density at radius 1 is 1.23 bits per heavy atom. The van der Waals surface area contributed by atoms with Crippen LogP contribution < -0.4 is 4.90 Å². The number of nitrogens with zero attached hydrogens (tertiary/aromatic N) is 3. The second-order valence-corrected chi connectivity index (χ2v) is 6.63. The predicted octanol–water partition coefficient (Wildman–Crippen LogP) is 1.34. The molecular weight excluding hydrogens is 298 g/mol. The van der Waals surface area contributed by atoms with Crippen LogP contribution in [0.25, 0.3) is 0 Å². The van der Waals surface area contributed by atoms with Gasteiger partial charge in [0.25, 0.3) is 5.91 Å². The van der Waals surface area contributed by atoms with Crippen molar-refractivity contribution in [2.45, 2.75) is 6.10 Å². The Balaban J connectivity index is 1.65. The van der Waals surface area contributed by atoms with E-state index in [1.807, 2.05) is 40.9 Å². The highest BCUT2D eigenvalue weighted by Gasteiger charge is 2.31. The predicted molar refractivity (Wildman–Crippen MR) is 87.0 cm³/mol. The van der Waals surface area contributed by atoms with Crippen LogP contribution in [0.5, 0.6) is 0 Å². The molecule has 0 radical (unpaired) electrons. The Kier molecular flexibility index (Phi) is 4.86. The number of amides is 1. The lowest BCUT2D eigenvalue weighted by molar-refractivity contribution is -0.144. The van der Waals surface area contributed by atoms with Crippen molar-refractivity contribution in [1.29, 1.82) is 5.26 Å². The third kappa shape index (κ3) is 3.37. The van der Waals surface area contributed by atoms with Gasteiger partial charge in [-0.15, -0.1) is 0 Å². The minimum Gasteiger partial charge on any atom is -0.366 e. The summed E-state index contributed by atoms with van der Waals surface area (Å²) in [5.41, 5.74) is 1.68. The second-order valence-electron chi connectivity index (χ2n) is 5.40. The van der Waals surface area contributed by atoms with Crippen LogP contribution in [0.2, 0.25) is 0 Å². The Labute approximate surface area is 134 Å². The van der Waals surface area contributed by atoms with E-state index in [2.05, 4.69) is 11.0 Å². The topological polar surface area (TPSA) is 56.6 Å². The molecule has 0 saturated carbocycles. The van der Waals surface area contributed by atoms with E-state index in [1.54, 1.807) is 0 Å². The van der Waals surface area contributed by atoms with Gasteiger partial charge in [0.1, 0.15) is 0 Å². The Bertz CT molecular complexity index is 564. The third-order valence-electron chi connectivity index (χ3n) is 4.03. The minimum absolute atomic E-state index is 0.110. The molecule has 2 heterocycles. The number of thioether (sulfide) groups is 1. The molecule has 2 fully saturated rings. The van der Waals surface area contributed by atoms with Crippen LogP contribution in [0.15, 0.2) is 24.3 Å². The maximum absolute atomic E-state index is 12.6. The van der Waals surface area contributed by atoms with Gasteiger partial charge >= 0.3 is 0 Å². The van der Waals surface area contributed by atoms with E-state index in [1.165, 1.54) is 0 Å². The first-order valence-corrected chi connectivity index (χ1v) is 8.66. The molecule has 0 bridgehead atoms. The second kappa shape index (κ2) is 7.03. The summed E-state index contributed by atoms with van der Waals surface area (Å²) in [6.45, 7) is 3.54. The molecule has 0 aromatic heterocycles. The molecule has 3 rings (SSSR count). The van der Waals surface area contributed by atoms with Gasteiger partial charge in [0, 0.05) is 36.8 Å². The van der Waals surface area contributed by atoms with E-state index >= 15 is 0 Å². The molecule has 5 nitrogen and oxygen atoms in total. The summed E-state index contributed by atoms with van der Waals surface area (Å²) in [5.74, 6) is 2.13. The van der Waals surface area contributed by atoms with Gasteiger partial charge in [-0.2, -0.15) is 17.0 Å². The van der Waals surface area contributed by atoms with E-state index in [0.717, 1.165) is 36.8 Å². The Morgan fingerprint density at radius 3 is 2.64 bits per heavy atom. The molecule has 6 heteroatoms. The van der Waals surface area contributed by atoms with Crippen molar-refractivity contribution in [3.05, 3.63) is 29.8 Å². The average molecular weight is 317 g/mol. The summed E-state index contributed by atoms with van der Waals surface area (Å²) in [5, 5.41) is 8.86. The smallest absolute Gasteiger partial charge is 0.253 e. The molecule has 1 aromatic carbocycles. The average Bonchev–Trinajstić information content (AvgIpc) is 2.62. The minimum atomic E-state index is -0.382. The number of rotatable bonds is 2. The van der Waals surface area contributed by atoms with Crippen molar-refractivity contribution >= 4 is 23.4 Å². The highest BCUT2D eigenvalue weighted by atomic mass is 32.2. The molecule has 2 aliphatic rings. The van der Waals surface area contributed by atoms with E-state index in [-0.39, 0.29) is 12.0 Å². The Hall–Kier alpha value is -1.71. The van der Waals surface area contributed by atoms with Gasteiger partial charge in [-0.25, -0.2) is 0 Å². The highest BCUT2D eigenvalue weighted by molar-refractivity contribution is 7.99. The lowest BCUT2D eigenvalue weighted by Crippen LogP contribution is -2.52. The van der Waals surface area contributed by atoms with E-state index < -0.39 is 0 Å². The number of nitriles is 1. The molecule has 0 N–H and O–H groups in total. The normalized spacial score (nSPS) is 22.2. The van der Waals surface area contributed by atoms with E-state index in [0.29, 0.717) is 18.7 Å². The molecule has 22 heavy (non-hydrogen) atoms. The third-order valence-corrected chi connectivity index (χ3v) is 4.97. The Morgan fingerprint density at radius 2 is 1.95 bits per heavy atom. The van der Waals surface area contributed by atoms with Crippen molar-refractivity contribution in [3.8, 4) is 6.07 Å². The largest absolute Gasteiger partial charge is 0.366 e. The molecule has 1 aromatic rings. The maximum Gasteiger partial charge on any atom is 0.253 e. The first-order chi connectivity index (χ1) is 10.8. The highest BCUT2D eigenvalue weighted by Crippen LogP contribution is 2.20. The number of carbonyl (C=O) groups excluding carboxylic acids is 1. The van der Waals surface area contributed by atoms with Crippen LogP contribution in [-0.4, -0.2) is 61.2 Å². The molecule has 1 atom stereocenters. The standard InChI is InChI=1S/C16H19N3O2S/c17-11-13-1-3-14(4-2-13)19-5-8-21-15(12-19)16(20)18-6-9-22-10-7-18/h1-4,15H,5-10,12H2. The van der Waals surface area contributed by atoms with Crippen LogP contribution in [0, 0.1) is 11.3 Å². The van der Waals surface area contributed by atoms with Crippen molar-refractivity contribution in [2.24, 2.45) is 0 Å². The van der Waals surface area contributed by atoms with Gasteiger partial charge in [-0.05, 0) is 24.3 Å². The lowest BCUT2D eigenvalue weighted by Gasteiger charge is -2.37. The van der Waals surface area contributed by atoms with Crippen molar-refractivity contribution in [3.63, 3.8) is 0 Å². The summed E-state index contributed by atoms with van der Waals surface area (Å²) in [7, 11) is 0. The molecule has 116 valence electrons. The molecule has 2 saturated heterocycles. The zero-order valence-electron chi connectivity index (χ0n) is 12.4. The fourth-order valence-electron chi connectivity index (χ4n) is 2.77. The van der Waals surface area contributed by atoms with Gasteiger partial charge < -0.3 is 14.5 Å². The molecule has 2 aliphatic heterocycles. The quantitative estimate of drug-likeness (QED) is 0.824. The zero-order valence-corrected chi connectivity index (χ0v) is 13.2. The number of benzene rings is 1. The molecule has 0 spiro atoms. The summed E-state index contributed by atoms with van der Waals surface area (Å²) >= 11 is 1.89. The molecule has 0 aliphatic carbocycles. The number of hydrogen-bond donors (Lipinski definition) is 0. The summed E-state index contributed by atoms with van der Waals surface area (Å²) in [4.78, 5) is 16.6. The van der Waals surface area contributed by atoms with Crippen molar-refractivity contribution in [2.75, 3.05) is 49.2 Å². The van der Waals surface area contributed by atoms with E-state index in [9.17, 15) is 4.79 Å². The van der Waals surface area contributed by atoms with Gasteiger partial charge in [0.15, 0.2) is 6.10 Å². The first-order valence-electron chi connectivity index (χ1n) is 7.51. The molecule has 1 unspecified atom stereocenters. The summed E-state index contributed by atoms with van der Waals surface area (Å²) in [6.07, 6.45) is -0.382. The number of anilines is 1. The van der Waals surface area contributed by atoms with Crippen LogP contribution >= 0.6 is 11.8 Å². The summed E-state index contributed by atoms with van der Waals surface area (Å²) in [6, 6.07) is 9.61. The zero-order chi connectivity index (χ0) is 15.4. The fraction of sp³-hybridized carbons (Fsp3) is 0.500. The summed E-state index contributed by atoms with van der Waals surface area (Å²) < 4.78 is 5.70. The maximum atomic E-state index is 12.6. The van der Waals surface area contributed by atoms with Gasteiger partial charge in [0.05, 0.1) is 24.8 Å². The van der Waals surface area contributed by atoms with Gasteiger partial charge in [0.2, 0.25) is 0 Å². The fourth-order valence-corrected chi connectivity index (χ4v) is 3.67. The van der Waals surface area contributed by atoms with Crippen LogP contribution in [0.4, 0.5) is 5.69 Å². The first kappa shape index (κ1) is 15.2. The SMILES string of the molecule is N#Cc1ccc(N2CCOC(C(=O)N3CCSCC3)C2)cc1.